The maximum Gasteiger partial charge on any atom is 0.416 e. The third-order valence-electron chi connectivity index (χ3n) is 6.84. The van der Waals surface area contributed by atoms with Crippen LogP contribution in [0.25, 0.3) is 5.57 Å². The number of nitrogens with one attached hydrogen (secondary N) is 2. The van der Waals surface area contributed by atoms with Crippen molar-refractivity contribution in [2.24, 2.45) is 0 Å². The van der Waals surface area contributed by atoms with E-state index in [2.05, 4.69) is 10.6 Å². The van der Waals surface area contributed by atoms with Gasteiger partial charge in [-0.15, -0.1) is 0 Å². The van der Waals surface area contributed by atoms with Gasteiger partial charge in [-0.05, 0) is 35.4 Å². The summed E-state index contributed by atoms with van der Waals surface area (Å²) in [6, 6.07) is 8.11. The second-order valence-corrected chi connectivity index (χ2v) is 9.39. The number of urea groups is 1. The van der Waals surface area contributed by atoms with Gasteiger partial charge in [0.2, 0.25) is 5.91 Å². The van der Waals surface area contributed by atoms with Crippen LogP contribution in [0.2, 0.25) is 0 Å². The summed E-state index contributed by atoms with van der Waals surface area (Å²) in [5.41, 5.74) is 1.33. The lowest BCUT2D eigenvalue weighted by Gasteiger charge is -2.42. The van der Waals surface area contributed by atoms with Crippen molar-refractivity contribution in [2.75, 3.05) is 37.0 Å². The summed E-state index contributed by atoms with van der Waals surface area (Å²) in [5.74, 6) is -0.347. The average molecular weight is 518 g/mol. The lowest BCUT2D eigenvalue weighted by molar-refractivity contribution is -0.138. The minimum Gasteiger partial charge on any atom is -0.486 e. The van der Waals surface area contributed by atoms with E-state index < -0.39 is 23.2 Å². The molecular weight excluding hydrogens is 491 g/mol. The van der Waals surface area contributed by atoms with E-state index >= 15 is 0 Å². The van der Waals surface area contributed by atoms with Gasteiger partial charge in [-0.25, -0.2) is 4.79 Å². The number of benzene rings is 2. The standard InChI is InChI=1S/C26H26F3N3O5/c27-26(28,29)18-2-4-20-17(14-25(37-22(20)12-18)5-9-36-10-6-25)11-23(34)30-19-3-1-16-15-32(7-8-33)24(35)31-21(16)13-19/h1-4,11-13,33H,5-10,14-15H2,(H,30,34)(H,31,35). The van der Waals surface area contributed by atoms with Gasteiger partial charge in [0.15, 0.2) is 0 Å². The van der Waals surface area contributed by atoms with E-state index in [0.29, 0.717) is 61.5 Å². The molecule has 0 atom stereocenters. The number of nitrogens with zero attached hydrogens (tertiary/aromatic N) is 1. The smallest absolute Gasteiger partial charge is 0.416 e. The molecule has 5 rings (SSSR count). The maximum atomic E-state index is 13.4. The van der Waals surface area contributed by atoms with Crippen molar-refractivity contribution < 1.29 is 37.3 Å². The van der Waals surface area contributed by atoms with Crippen LogP contribution in [0, 0.1) is 0 Å². The fraction of sp³-hybridized carbons (Fsp3) is 0.385. The topological polar surface area (TPSA) is 100 Å². The Labute approximate surface area is 211 Å². The molecule has 2 aromatic carbocycles. The first-order valence-corrected chi connectivity index (χ1v) is 12.0. The van der Waals surface area contributed by atoms with Crippen LogP contribution in [-0.2, 0) is 22.3 Å². The molecule has 3 amide bonds. The number of aliphatic hydroxyl groups is 1. The number of β-amino-alcohol motifs (C(OH)–C–C–N with tert-alkyl or cyclic N) is 1. The highest BCUT2D eigenvalue weighted by molar-refractivity contribution is 6.05. The van der Waals surface area contributed by atoms with Gasteiger partial charge < -0.3 is 30.1 Å². The van der Waals surface area contributed by atoms with Crippen LogP contribution in [0.5, 0.6) is 5.75 Å². The summed E-state index contributed by atoms with van der Waals surface area (Å²) < 4.78 is 51.6. The van der Waals surface area contributed by atoms with Crippen LogP contribution in [0.4, 0.5) is 29.3 Å². The second-order valence-electron chi connectivity index (χ2n) is 9.39. The zero-order valence-electron chi connectivity index (χ0n) is 19.9. The first kappa shape index (κ1) is 25.1. The summed E-state index contributed by atoms with van der Waals surface area (Å²) in [6.45, 7) is 1.24. The van der Waals surface area contributed by atoms with Gasteiger partial charge in [0, 0.05) is 55.4 Å². The zero-order valence-corrected chi connectivity index (χ0v) is 19.9. The van der Waals surface area contributed by atoms with Gasteiger partial charge in [-0.2, -0.15) is 13.2 Å². The number of aliphatic hydroxyl groups excluding tert-OH is 1. The van der Waals surface area contributed by atoms with Gasteiger partial charge in [-0.1, -0.05) is 12.1 Å². The summed E-state index contributed by atoms with van der Waals surface area (Å²) in [7, 11) is 0. The summed E-state index contributed by atoms with van der Waals surface area (Å²) in [4.78, 5) is 26.7. The summed E-state index contributed by atoms with van der Waals surface area (Å²) in [6.07, 6.45) is -1.76. The van der Waals surface area contributed by atoms with Crippen LogP contribution >= 0.6 is 0 Å². The first-order valence-electron chi connectivity index (χ1n) is 12.0. The van der Waals surface area contributed by atoms with Gasteiger partial charge in [0.25, 0.3) is 0 Å². The highest BCUT2D eigenvalue weighted by Gasteiger charge is 2.41. The van der Waals surface area contributed by atoms with E-state index in [-0.39, 0.29) is 24.9 Å². The molecule has 8 nitrogen and oxygen atoms in total. The quantitative estimate of drug-likeness (QED) is 0.522. The van der Waals surface area contributed by atoms with Gasteiger partial charge in [-0.3, -0.25) is 4.79 Å². The predicted octanol–water partition coefficient (Wildman–Crippen LogP) is 4.40. The number of halogens is 3. The SMILES string of the molecule is O=C(C=C1CC2(CCOCC2)Oc2cc(C(F)(F)F)ccc21)Nc1ccc2c(c1)NC(=O)N(CCO)C2. The molecule has 0 aromatic heterocycles. The molecule has 0 unspecified atom stereocenters. The molecule has 3 N–H and O–H groups in total. The van der Waals surface area contributed by atoms with Crippen molar-refractivity contribution in [3.05, 3.63) is 59.2 Å². The van der Waals surface area contributed by atoms with E-state index in [0.717, 1.165) is 17.7 Å². The number of amides is 3. The molecular formula is C26H26F3N3O5. The van der Waals surface area contributed by atoms with E-state index in [4.69, 9.17) is 14.6 Å². The molecule has 3 heterocycles. The van der Waals surface area contributed by atoms with Crippen LogP contribution < -0.4 is 15.4 Å². The Balaban J connectivity index is 1.40. The van der Waals surface area contributed by atoms with E-state index in [1.165, 1.54) is 17.0 Å². The number of rotatable bonds is 4. The minimum atomic E-state index is -4.52. The van der Waals surface area contributed by atoms with Crippen molar-refractivity contribution in [1.82, 2.24) is 4.90 Å². The monoisotopic (exact) mass is 517 g/mol. The van der Waals surface area contributed by atoms with Crippen LogP contribution in [-0.4, -0.2) is 53.9 Å². The third kappa shape index (κ3) is 5.28. The van der Waals surface area contributed by atoms with Crippen LogP contribution in [0.3, 0.4) is 0 Å². The average Bonchev–Trinajstić information content (AvgIpc) is 2.84. The highest BCUT2D eigenvalue weighted by atomic mass is 19.4. The molecule has 37 heavy (non-hydrogen) atoms. The fourth-order valence-electron chi connectivity index (χ4n) is 4.93. The van der Waals surface area contributed by atoms with E-state index in [1.54, 1.807) is 18.2 Å². The molecule has 1 saturated heterocycles. The molecule has 1 spiro atoms. The van der Waals surface area contributed by atoms with E-state index in [9.17, 15) is 22.8 Å². The first-order chi connectivity index (χ1) is 17.7. The Hall–Kier alpha value is -3.57. The number of hydrogen-bond acceptors (Lipinski definition) is 5. The van der Waals surface area contributed by atoms with Gasteiger partial charge in [0.1, 0.15) is 11.4 Å². The third-order valence-corrected chi connectivity index (χ3v) is 6.84. The molecule has 3 aliphatic rings. The van der Waals surface area contributed by atoms with Crippen molar-refractivity contribution in [3.63, 3.8) is 0 Å². The van der Waals surface area contributed by atoms with Crippen molar-refractivity contribution in [3.8, 4) is 5.75 Å². The van der Waals surface area contributed by atoms with Crippen molar-refractivity contribution >= 4 is 28.9 Å². The summed E-state index contributed by atoms with van der Waals surface area (Å²) in [5, 5.41) is 14.6. The minimum absolute atomic E-state index is 0.103. The Morgan fingerprint density at radius 2 is 1.97 bits per heavy atom. The molecule has 0 aliphatic carbocycles. The van der Waals surface area contributed by atoms with Crippen LogP contribution in [0.1, 0.15) is 36.0 Å². The second kappa shape index (κ2) is 9.71. The van der Waals surface area contributed by atoms with Crippen LogP contribution in [0.15, 0.2) is 42.5 Å². The maximum absolute atomic E-state index is 13.4. The molecule has 1 fully saturated rings. The molecule has 0 bridgehead atoms. The zero-order chi connectivity index (χ0) is 26.2. The Morgan fingerprint density at radius 3 is 2.70 bits per heavy atom. The number of alkyl halides is 3. The van der Waals surface area contributed by atoms with E-state index in [1.807, 2.05) is 0 Å². The molecule has 2 aromatic rings. The number of ether oxygens (including phenoxy) is 2. The van der Waals surface area contributed by atoms with Crippen molar-refractivity contribution in [2.45, 2.75) is 37.6 Å². The number of fused-ring (bicyclic) bond motifs is 2. The van der Waals surface area contributed by atoms with Crippen molar-refractivity contribution in [1.29, 1.82) is 0 Å². The lowest BCUT2D eigenvalue weighted by Crippen LogP contribution is -2.44. The number of carbonyl (C=O) groups excluding carboxylic acids is 2. The normalized spacial score (nSPS) is 19.6. The summed E-state index contributed by atoms with van der Waals surface area (Å²) >= 11 is 0. The predicted molar refractivity (Wildman–Crippen MR) is 129 cm³/mol. The molecule has 11 heteroatoms. The molecule has 0 radical (unpaired) electrons. The van der Waals surface area contributed by atoms with Gasteiger partial charge in [0.05, 0.1) is 25.4 Å². The Morgan fingerprint density at radius 1 is 1.19 bits per heavy atom. The Bertz CT molecular complexity index is 1250. The highest BCUT2D eigenvalue weighted by Crippen LogP contribution is 2.46. The fourth-order valence-corrected chi connectivity index (χ4v) is 4.93. The molecule has 196 valence electrons. The lowest BCUT2D eigenvalue weighted by atomic mass is 9.81. The number of anilines is 2. The van der Waals surface area contributed by atoms with Gasteiger partial charge >= 0.3 is 12.2 Å². The molecule has 0 saturated carbocycles. The largest absolute Gasteiger partial charge is 0.486 e. The Kier molecular flexibility index (Phi) is 6.59. The number of hydrogen-bond donors (Lipinski definition) is 3. The molecule has 3 aliphatic heterocycles. The number of carbonyl (C=O) groups is 2.